The minimum atomic E-state index is -1.16. The Morgan fingerprint density at radius 3 is 2.44 bits per heavy atom. The molecular formula is C12H8BrNO4. The number of anilines is 1. The molecule has 2 fully saturated rings. The van der Waals surface area contributed by atoms with Crippen LogP contribution in [0.5, 0.6) is 0 Å². The van der Waals surface area contributed by atoms with Crippen LogP contribution >= 0.6 is 15.9 Å². The van der Waals surface area contributed by atoms with Gasteiger partial charge in [-0.1, -0.05) is 6.07 Å². The summed E-state index contributed by atoms with van der Waals surface area (Å²) in [5.41, 5.74) is 0.0968. The van der Waals surface area contributed by atoms with Gasteiger partial charge in [0.1, 0.15) is 0 Å². The number of carbonyl (C=O) groups is 3. The van der Waals surface area contributed by atoms with E-state index in [1.54, 1.807) is 12.1 Å². The van der Waals surface area contributed by atoms with E-state index in [0.29, 0.717) is 10.9 Å². The smallest absolute Gasteiger partial charge is 0.337 e. The summed E-state index contributed by atoms with van der Waals surface area (Å²) in [4.78, 5) is 36.1. The standard InChI is InChI=1S/C12H8BrNO4/c13-8-3-1-2-5(12(17)18)9(8)14-10(15)6-4-7(6)11(14)16/h1-3,6-7H,4H2,(H,17,18). The van der Waals surface area contributed by atoms with Gasteiger partial charge < -0.3 is 5.11 Å². The maximum absolute atomic E-state index is 12.0. The average molecular weight is 310 g/mol. The van der Waals surface area contributed by atoms with E-state index < -0.39 is 5.97 Å². The van der Waals surface area contributed by atoms with E-state index >= 15 is 0 Å². The van der Waals surface area contributed by atoms with Crippen molar-refractivity contribution in [2.45, 2.75) is 6.42 Å². The summed E-state index contributed by atoms with van der Waals surface area (Å²) in [7, 11) is 0. The molecule has 1 N–H and O–H groups in total. The molecule has 1 saturated carbocycles. The number of benzene rings is 1. The van der Waals surface area contributed by atoms with Gasteiger partial charge in [-0.15, -0.1) is 0 Å². The summed E-state index contributed by atoms with van der Waals surface area (Å²) in [5.74, 6) is -2.23. The minimum Gasteiger partial charge on any atom is -0.478 e. The third kappa shape index (κ3) is 1.42. The Balaban J connectivity index is 2.15. The van der Waals surface area contributed by atoms with E-state index in [4.69, 9.17) is 5.11 Å². The van der Waals surface area contributed by atoms with Crippen LogP contribution < -0.4 is 4.90 Å². The van der Waals surface area contributed by atoms with E-state index in [9.17, 15) is 14.4 Å². The lowest BCUT2D eigenvalue weighted by Gasteiger charge is -2.20. The van der Waals surface area contributed by atoms with E-state index in [1.165, 1.54) is 6.07 Å². The van der Waals surface area contributed by atoms with Crippen molar-refractivity contribution in [3.8, 4) is 0 Å². The van der Waals surface area contributed by atoms with Gasteiger partial charge in [-0.25, -0.2) is 9.69 Å². The van der Waals surface area contributed by atoms with Crippen molar-refractivity contribution in [2.75, 3.05) is 4.90 Å². The van der Waals surface area contributed by atoms with Crippen molar-refractivity contribution in [2.24, 2.45) is 11.8 Å². The van der Waals surface area contributed by atoms with E-state index in [0.717, 1.165) is 4.90 Å². The normalized spacial score (nSPS) is 25.3. The number of rotatable bonds is 2. The Bertz CT molecular complexity index is 578. The number of amides is 2. The molecule has 2 atom stereocenters. The van der Waals surface area contributed by atoms with Crippen LogP contribution in [-0.4, -0.2) is 22.9 Å². The molecule has 0 radical (unpaired) electrons. The van der Waals surface area contributed by atoms with Gasteiger partial charge in [0.25, 0.3) is 0 Å². The Labute approximate surface area is 111 Å². The molecule has 0 spiro atoms. The summed E-state index contributed by atoms with van der Waals surface area (Å²) in [6.07, 6.45) is 0.598. The molecule has 2 aliphatic rings. The Morgan fingerprint density at radius 2 is 1.89 bits per heavy atom. The van der Waals surface area contributed by atoms with Crippen molar-refractivity contribution in [3.05, 3.63) is 28.2 Å². The number of carbonyl (C=O) groups excluding carboxylic acids is 2. The Morgan fingerprint density at radius 1 is 1.28 bits per heavy atom. The fourth-order valence-corrected chi connectivity index (χ4v) is 2.86. The molecule has 92 valence electrons. The van der Waals surface area contributed by atoms with E-state index in [2.05, 4.69) is 15.9 Å². The third-order valence-electron chi connectivity index (χ3n) is 3.31. The SMILES string of the molecule is O=C(O)c1cccc(Br)c1N1C(=O)C2CC2C1=O. The summed E-state index contributed by atoms with van der Waals surface area (Å²) in [5, 5.41) is 9.13. The van der Waals surface area contributed by atoms with Gasteiger partial charge >= 0.3 is 5.97 Å². The highest BCUT2D eigenvalue weighted by Crippen LogP contribution is 2.50. The first kappa shape index (κ1) is 11.4. The van der Waals surface area contributed by atoms with Gasteiger partial charge in [0.2, 0.25) is 11.8 Å². The molecule has 2 amide bonds. The van der Waals surface area contributed by atoms with Crippen LogP contribution in [0, 0.1) is 11.8 Å². The number of carboxylic acids is 1. The van der Waals surface area contributed by atoms with Gasteiger partial charge in [-0.2, -0.15) is 0 Å². The quantitative estimate of drug-likeness (QED) is 0.843. The number of fused-ring (bicyclic) bond motifs is 1. The first-order valence-electron chi connectivity index (χ1n) is 5.42. The lowest BCUT2D eigenvalue weighted by atomic mass is 10.1. The highest BCUT2D eigenvalue weighted by molar-refractivity contribution is 9.10. The summed E-state index contributed by atoms with van der Waals surface area (Å²) in [6, 6.07) is 4.56. The van der Waals surface area contributed by atoms with Crippen LogP contribution in [0.1, 0.15) is 16.8 Å². The second-order valence-electron chi connectivity index (χ2n) is 4.40. The summed E-state index contributed by atoms with van der Waals surface area (Å²) >= 11 is 3.21. The molecule has 0 bridgehead atoms. The summed E-state index contributed by atoms with van der Waals surface area (Å²) < 4.78 is 0.436. The van der Waals surface area contributed by atoms with Crippen LogP contribution in [0.25, 0.3) is 0 Å². The highest BCUT2D eigenvalue weighted by Gasteiger charge is 2.60. The number of imide groups is 1. The van der Waals surface area contributed by atoms with Crippen LogP contribution in [0.4, 0.5) is 5.69 Å². The highest BCUT2D eigenvalue weighted by atomic mass is 79.9. The van der Waals surface area contributed by atoms with Crippen molar-refractivity contribution in [1.82, 2.24) is 0 Å². The third-order valence-corrected chi connectivity index (χ3v) is 3.95. The zero-order chi connectivity index (χ0) is 13.0. The van der Waals surface area contributed by atoms with Crippen molar-refractivity contribution in [1.29, 1.82) is 0 Å². The number of nitrogens with zero attached hydrogens (tertiary/aromatic N) is 1. The van der Waals surface area contributed by atoms with Crippen molar-refractivity contribution < 1.29 is 19.5 Å². The molecule has 1 saturated heterocycles. The van der Waals surface area contributed by atoms with Gasteiger partial charge in [0, 0.05) is 4.47 Å². The van der Waals surface area contributed by atoms with E-state index in [1.807, 2.05) is 0 Å². The molecule has 6 heteroatoms. The van der Waals surface area contributed by atoms with E-state index in [-0.39, 0.29) is 34.9 Å². The Kier molecular flexibility index (Phi) is 2.31. The van der Waals surface area contributed by atoms with Gasteiger partial charge in [-0.3, -0.25) is 9.59 Å². The molecule has 0 aromatic heterocycles. The predicted molar refractivity (Wildman–Crippen MR) is 65.2 cm³/mol. The van der Waals surface area contributed by atoms with Crippen LogP contribution in [0.3, 0.4) is 0 Å². The number of piperidine rings is 1. The van der Waals surface area contributed by atoms with Crippen LogP contribution in [0.2, 0.25) is 0 Å². The molecule has 18 heavy (non-hydrogen) atoms. The van der Waals surface area contributed by atoms with Crippen LogP contribution in [-0.2, 0) is 9.59 Å². The minimum absolute atomic E-state index is 0.0487. The maximum Gasteiger partial charge on any atom is 0.337 e. The van der Waals surface area contributed by atoms with Crippen molar-refractivity contribution in [3.63, 3.8) is 0 Å². The zero-order valence-corrected chi connectivity index (χ0v) is 10.7. The summed E-state index contributed by atoms with van der Waals surface area (Å²) in [6.45, 7) is 0. The monoisotopic (exact) mass is 309 g/mol. The largest absolute Gasteiger partial charge is 0.478 e. The Hall–Kier alpha value is -1.69. The molecule has 1 aliphatic carbocycles. The maximum atomic E-state index is 12.0. The fourth-order valence-electron chi connectivity index (χ4n) is 2.32. The average Bonchev–Trinajstić information content (AvgIpc) is 3.06. The molecule has 1 aliphatic heterocycles. The molecule has 1 aromatic carbocycles. The molecule has 2 unspecified atom stereocenters. The number of hydrogen-bond donors (Lipinski definition) is 1. The second-order valence-corrected chi connectivity index (χ2v) is 5.26. The first-order chi connectivity index (χ1) is 8.52. The van der Waals surface area contributed by atoms with Crippen LogP contribution in [0.15, 0.2) is 22.7 Å². The lowest BCUT2D eigenvalue weighted by molar-refractivity contribution is -0.123. The number of halogens is 1. The number of aromatic carboxylic acids is 1. The zero-order valence-electron chi connectivity index (χ0n) is 9.09. The lowest BCUT2D eigenvalue weighted by Crippen LogP contribution is -2.34. The van der Waals surface area contributed by atoms with Gasteiger partial charge in [-0.05, 0) is 34.5 Å². The number of hydrogen-bond acceptors (Lipinski definition) is 3. The molecule has 1 heterocycles. The number of para-hydroxylation sites is 1. The molecule has 3 rings (SSSR count). The molecule has 1 aromatic rings. The van der Waals surface area contributed by atoms with Crippen molar-refractivity contribution >= 4 is 39.4 Å². The van der Waals surface area contributed by atoms with Gasteiger partial charge in [0.05, 0.1) is 23.1 Å². The second kappa shape index (κ2) is 3.65. The molecular weight excluding hydrogens is 302 g/mol. The topological polar surface area (TPSA) is 74.7 Å². The first-order valence-corrected chi connectivity index (χ1v) is 6.21. The predicted octanol–water partition coefficient (Wildman–Crippen LogP) is 1.66. The fraction of sp³-hybridized carbons (Fsp3) is 0.250. The molecule has 5 nitrogen and oxygen atoms in total. The number of carboxylic acid groups (broad SMARTS) is 1. The van der Waals surface area contributed by atoms with Gasteiger partial charge in [0.15, 0.2) is 0 Å².